The van der Waals surface area contributed by atoms with Crippen molar-refractivity contribution in [1.29, 1.82) is 0 Å². The molecule has 192 valence electrons. The highest BCUT2D eigenvalue weighted by atomic mass is 16.8. The number of rotatable bonds is 9. The van der Waals surface area contributed by atoms with Crippen LogP contribution in [0.5, 0.6) is 0 Å². The normalized spacial score (nSPS) is 19.9. The number of amides is 1. The fourth-order valence-electron chi connectivity index (χ4n) is 4.76. The molecule has 0 spiro atoms. The molecule has 0 aliphatic carbocycles. The number of carbonyl (C=O) groups excluding carboxylic acids is 1. The SMILES string of the molecule is [C-]#[N+]c1ccc(CCN2CCC(O)(CN(C)c3ccc(C(=O)NOC4CCCCO4)cc3)CC2)cc1. The van der Waals surface area contributed by atoms with Gasteiger partial charge in [-0.25, -0.2) is 15.2 Å². The van der Waals surface area contributed by atoms with Crippen molar-refractivity contribution in [2.24, 2.45) is 0 Å². The molecule has 2 saturated heterocycles. The van der Waals surface area contributed by atoms with Gasteiger partial charge in [-0.15, -0.1) is 0 Å². The lowest BCUT2D eigenvalue weighted by atomic mass is 9.90. The smallest absolute Gasteiger partial charge is 0.274 e. The predicted octanol–water partition coefficient (Wildman–Crippen LogP) is 3.93. The molecule has 0 saturated carbocycles. The summed E-state index contributed by atoms with van der Waals surface area (Å²) < 4.78 is 5.47. The lowest BCUT2D eigenvalue weighted by molar-refractivity contribution is -0.186. The average molecular weight is 493 g/mol. The van der Waals surface area contributed by atoms with Gasteiger partial charge in [0.05, 0.1) is 12.2 Å². The molecule has 2 aliphatic heterocycles. The van der Waals surface area contributed by atoms with Crippen molar-refractivity contribution in [1.82, 2.24) is 10.4 Å². The van der Waals surface area contributed by atoms with E-state index < -0.39 is 5.60 Å². The van der Waals surface area contributed by atoms with Crippen LogP contribution in [0.25, 0.3) is 4.85 Å². The van der Waals surface area contributed by atoms with Gasteiger partial charge >= 0.3 is 0 Å². The third kappa shape index (κ3) is 7.28. The second-order valence-corrected chi connectivity index (χ2v) is 9.84. The summed E-state index contributed by atoms with van der Waals surface area (Å²) in [5, 5.41) is 11.2. The Morgan fingerprint density at radius 2 is 1.92 bits per heavy atom. The van der Waals surface area contributed by atoms with Crippen molar-refractivity contribution >= 4 is 17.3 Å². The van der Waals surface area contributed by atoms with Crippen molar-refractivity contribution in [3.05, 3.63) is 71.1 Å². The van der Waals surface area contributed by atoms with Crippen molar-refractivity contribution in [2.45, 2.75) is 50.4 Å². The maximum Gasteiger partial charge on any atom is 0.274 e. The number of hydrogen-bond donors (Lipinski definition) is 2. The first kappa shape index (κ1) is 26.1. The summed E-state index contributed by atoms with van der Waals surface area (Å²) in [4.78, 5) is 25.6. The Bertz CT molecular complexity index is 1020. The number of hydrogen-bond acceptors (Lipinski definition) is 6. The topological polar surface area (TPSA) is 78.6 Å². The second-order valence-electron chi connectivity index (χ2n) is 9.84. The van der Waals surface area contributed by atoms with E-state index in [9.17, 15) is 9.90 Å². The monoisotopic (exact) mass is 492 g/mol. The molecular formula is C28H36N4O4. The molecule has 2 fully saturated rings. The fourth-order valence-corrected chi connectivity index (χ4v) is 4.76. The molecule has 4 rings (SSSR count). The van der Waals surface area contributed by atoms with E-state index in [1.165, 1.54) is 5.56 Å². The first-order valence-electron chi connectivity index (χ1n) is 12.7. The summed E-state index contributed by atoms with van der Waals surface area (Å²) in [6.07, 6.45) is 4.83. The number of likely N-dealkylation sites (N-methyl/N-ethyl adjacent to an activating group) is 1. The number of carbonyl (C=O) groups is 1. The van der Waals surface area contributed by atoms with Gasteiger partial charge in [-0.1, -0.05) is 24.3 Å². The molecule has 2 aromatic carbocycles. The number of hydroxylamine groups is 1. The van der Waals surface area contributed by atoms with Crippen LogP contribution >= 0.6 is 0 Å². The van der Waals surface area contributed by atoms with Gasteiger partial charge in [-0.3, -0.25) is 4.79 Å². The van der Waals surface area contributed by atoms with Crippen LogP contribution in [0.3, 0.4) is 0 Å². The van der Waals surface area contributed by atoms with E-state index in [2.05, 4.69) is 15.2 Å². The van der Waals surface area contributed by atoms with E-state index in [0.717, 1.165) is 63.8 Å². The number of likely N-dealkylation sites (tertiary alicyclic amines) is 1. The highest BCUT2D eigenvalue weighted by Gasteiger charge is 2.33. The van der Waals surface area contributed by atoms with Gasteiger partial charge in [-0.2, -0.15) is 0 Å². The number of benzene rings is 2. The average Bonchev–Trinajstić information content (AvgIpc) is 2.92. The van der Waals surface area contributed by atoms with Crippen LogP contribution < -0.4 is 10.4 Å². The Balaban J connectivity index is 1.20. The summed E-state index contributed by atoms with van der Waals surface area (Å²) in [5.41, 5.74) is 5.10. The highest BCUT2D eigenvalue weighted by Crippen LogP contribution is 2.26. The standard InChI is InChI=1S/C28H36N4O4/c1-29-24-10-6-22(7-11-24)14-17-32-18-15-28(34,16-19-32)21-31(2)25-12-8-23(9-13-25)27(33)30-36-26-5-3-4-20-35-26/h6-13,26,34H,3-5,14-21H2,2H3,(H,30,33). The lowest BCUT2D eigenvalue weighted by Crippen LogP contribution is -2.50. The van der Waals surface area contributed by atoms with Crippen LogP contribution in [-0.4, -0.2) is 67.6 Å². The third-order valence-electron chi connectivity index (χ3n) is 7.09. The Kier molecular flexibility index (Phi) is 8.94. The minimum Gasteiger partial charge on any atom is -0.388 e. The molecule has 2 N–H and O–H groups in total. The molecule has 36 heavy (non-hydrogen) atoms. The van der Waals surface area contributed by atoms with Crippen LogP contribution in [0.2, 0.25) is 0 Å². The summed E-state index contributed by atoms with van der Waals surface area (Å²) in [6, 6.07) is 15.1. The van der Waals surface area contributed by atoms with Crippen LogP contribution in [0.1, 0.15) is 48.0 Å². The Labute approximate surface area is 213 Å². The maximum atomic E-state index is 12.4. The van der Waals surface area contributed by atoms with Crippen LogP contribution in [0.4, 0.5) is 11.4 Å². The summed E-state index contributed by atoms with van der Waals surface area (Å²) >= 11 is 0. The number of ether oxygens (including phenoxy) is 1. The molecule has 2 aromatic rings. The molecule has 0 bridgehead atoms. The van der Waals surface area contributed by atoms with Crippen LogP contribution in [-0.2, 0) is 16.0 Å². The zero-order chi connectivity index (χ0) is 25.4. The number of aliphatic hydroxyl groups is 1. The molecular weight excluding hydrogens is 456 g/mol. The van der Waals surface area contributed by atoms with Gasteiger partial charge in [0, 0.05) is 57.5 Å². The van der Waals surface area contributed by atoms with Gasteiger partial charge in [0.1, 0.15) is 0 Å². The highest BCUT2D eigenvalue weighted by molar-refractivity contribution is 5.93. The van der Waals surface area contributed by atoms with Gasteiger partial charge in [0.25, 0.3) is 5.91 Å². The number of nitrogens with one attached hydrogen (secondary N) is 1. The predicted molar refractivity (Wildman–Crippen MR) is 139 cm³/mol. The molecule has 0 aromatic heterocycles. The minimum absolute atomic E-state index is 0.299. The molecule has 8 heteroatoms. The van der Waals surface area contributed by atoms with Gasteiger partial charge in [0.2, 0.25) is 0 Å². The maximum absolute atomic E-state index is 12.4. The van der Waals surface area contributed by atoms with Gasteiger partial charge in [-0.05, 0) is 61.9 Å². The van der Waals surface area contributed by atoms with Crippen LogP contribution in [0.15, 0.2) is 48.5 Å². The summed E-state index contributed by atoms with van der Waals surface area (Å²) in [7, 11) is 1.97. The van der Waals surface area contributed by atoms with Crippen molar-refractivity contribution in [3.63, 3.8) is 0 Å². The second kappa shape index (κ2) is 12.3. The van der Waals surface area contributed by atoms with E-state index in [-0.39, 0.29) is 12.2 Å². The zero-order valence-corrected chi connectivity index (χ0v) is 21.0. The Morgan fingerprint density at radius 3 is 2.56 bits per heavy atom. The van der Waals surface area contributed by atoms with E-state index in [0.29, 0.717) is 24.4 Å². The largest absolute Gasteiger partial charge is 0.388 e. The van der Waals surface area contributed by atoms with E-state index in [1.54, 1.807) is 12.1 Å². The molecule has 1 atom stereocenters. The zero-order valence-electron chi connectivity index (χ0n) is 21.0. The van der Waals surface area contributed by atoms with Crippen molar-refractivity contribution < 1.29 is 19.5 Å². The van der Waals surface area contributed by atoms with Gasteiger partial charge in [0.15, 0.2) is 12.0 Å². The third-order valence-corrected chi connectivity index (χ3v) is 7.09. The lowest BCUT2D eigenvalue weighted by Gasteiger charge is -2.40. The first-order chi connectivity index (χ1) is 17.4. The van der Waals surface area contributed by atoms with Crippen molar-refractivity contribution in [2.75, 3.05) is 44.7 Å². The Morgan fingerprint density at radius 1 is 1.19 bits per heavy atom. The van der Waals surface area contributed by atoms with Crippen molar-refractivity contribution in [3.8, 4) is 0 Å². The molecule has 2 heterocycles. The molecule has 8 nitrogen and oxygen atoms in total. The number of piperidine rings is 1. The summed E-state index contributed by atoms with van der Waals surface area (Å²) in [6.45, 7) is 10.9. The first-order valence-corrected chi connectivity index (χ1v) is 12.7. The Hall–Kier alpha value is -2.96. The fraction of sp³-hybridized carbons (Fsp3) is 0.500. The summed E-state index contributed by atoms with van der Waals surface area (Å²) in [5.74, 6) is -0.299. The van der Waals surface area contributed by atoms with E-state index in [4.69, 9.17) is 16.1 Å². The van der Waals surface area contributed by atoms with Gasteiger partial charge < -0.3 is 19.6 Å². The number of anilines is 1. The molecule has 0 radical (unpaired) electrons. The number of nitrogens with zero attached hydrogens (tertiary/aromatic N) is 3. The van der Waals surface area contributed by atoms with E-state index >= 15 is 0 Å². The minimum atomic E-state index is -0.744. The van der Waals surface area contributed by atoms with E-state index in [1.807, 2.05) is 48.3 Å². The quantitative estimate of drug-likeness (QED) is 0.408. The molecule has 2 aliphatic rings. The molecule has 1 unspecified atom stereocenters. The molecule has 1 amide bonds. The van der Waals surface area contributed by atoms with Crippen LogP contribution in [0, 0.1) is 6.57 Å².